The van der Waals surface area contributed by atoms with Gasteiger partial charge in [-0.1, -0.05) is 42.5 Å². The Morgan fingerprint density at radius 3 is 2.00 bits per heavy atom. The number of hydrogen-bond donors (Lipinski definition) is 1. The summed E-state index contributed by atoms with van der Waals surface area (Å²) in [6.45, 7) is 0. The minimum atomic E-state index is -4.05. The van der Waals surface area contributed by atoms with Crippen LogP contribution in [-0.4, -0.2) is 46.8 Å². The monoisotopic (exact) mass is 549 g/mol. The molecule has 0 saturated heterocycles. The van der Waals surface area contributed by atoms with Crippen molar-refractivity contribution in [2.24, 2.45) is 0 Å². The first-order valence-electron chi connectivity index (χ1n) is 11.6. The average molecular weight is 550 g/mol. The molecule has 0 aliphatic carbocycles. The van der Waals surface area contributed by atoms with Crippen molar-refractivity contribution >= 4 is 21.9 Å². The third-order valence-electron chi connectivity index (χ3n) is 5.40. The molecule has 0 saturated carbocycles. The molecule has 0 amide bonds. The summed E-state index contributed by atoms with van der Waals surface area (Å²) in [6, 6.07) is 21.0. The Bertz CT molecular complexity index is 1550. The van der Waals surface area contributed by atoms with E-state index in [0.29, 0.717) is 34.1 Å². The van der Waals surface area contributed by atoms with Crippen molar-refractivity contribution < 1.29 is 32.1 Å². The summed E-state index contributed by atoms with van der Waals surface area (Å²) >= 11 is 0. The second-order valence-electron chi connectivity index (χ2n) is 7.95. The van der Waals surface area contributed by atoms with Crippen molar-refractivity contribution in [3.8, 4) is 46.0 Å². The molecule has 0 radical (unpaired) electrons. The molecule has 4 rings (SSSR count). The zero-order chi connectivity index (χ0) is 27.8. The van der Waals surface area contributed by atoms with Crippen molar-refractivity contribution in [3.63, 3.8) is 0 Å². The minimum Gasteiger partial charge on any atom is -0.497 e. The molecule has 1 aromatic heterocycles. The number of aromatic nitrogens is 2. The highest BCUT2D eigenvalue weighted by Crippen LogP contribution is 2.41. The minimum absolute atomic E-state index is 0.0163. The summed E-state index contributed by atoms with van der Waals surface area (Å²) in [5, 5.41) is 1.04. The Hall–Kier alpha value is -4.77. The lowest BCUT2D eigenvalue weighted by molar-refractivity contribution is 0.348. The van der Waals surface area contributed by atoms with Crippen molar-refractivity contribution in [1.29, 1.82) is 0 Å². The van der Waals surface area contributed by atoms with Crippen LogP contribution < -0.4 is 28.4 Å². The standard InChI is InChI=1S/C28H27N3O7S/c1-34-21-16-20(17-22(18-21)35-2)26-29-27(31-39(32,33)15-14-19-10-6-5-7-11-19)25(28(30-26)37-4)38-24-13-9-8-12-23(24)36-3/h5-18H,1-4H3,(H,29,30,31)/b15-14+. The summed E-state index contributed by atoms with van der Waals surface area (Å²) in [7, 11) is 1.87. The maximum atomic E-state index is 13.1. The van der Waals surface area contributed by atoms with Gasteiger partial charge in [-0.25, -0.2) is 13.4 Å². The average Bonchev–Trinajstić information content (AvgIpc) is 2.97. The van der Waals surface area contributed by atoms with Crippen LogP contribution in [0.1, 0.15) is 5.56 Å². The number of para-hydroxylation sites is 2. The number of benzene rings is 3. The number of hydrogen-bond acceptors (Lipinski definition) is 9. The zero-order valence-corrected chi connectivity index (χ0v) is 22.6. The fourth-order valence-electron chi connectivity index (χ4n) is 3.51. The second-order valence-corrected chi connectivity index (χ2v) is 9.52. The maximum Gasteiger partial charge on any atom is 0.263 e. The molecule has 0 aliphatic heterocycles. The van der Waals surface area contributed by atoms with E-state index in [0.717, 1.165) is 5.41 Å². The highest BCUT2D eigenvalue weighted by molar-refractivity contribution is 7.95. The number of sulfonamides is 1. The van der Waals surface area contributed by atoms with E-state index in [9.17, 15) is 8.42 Å². The van der Waals surface area contributed by atoms with Crippen LogP contribution in [-0.2, 0) is 10.0 Å². The summed E-state index contributed by atoms with van der Waals surface area (Å²) in [5.41, 5.74) is 1.20. The van der Waals surface area contributed by atoms with Crippen LogP contribution in [0.15, 0.2) is 78.2 Å². The van der Waals surface area contributed by atoms with Crippen molar-refractivity contribution in [2.75, 3.05) is 33.2 Å². The molecule has 3 aromatic carbocycles. The van der Waals surface area contributed by atoms with Gasteiger partial charge in [-0.3, -0.25) is 4.72 Å². The van der Waals surface area contributed by atoms with E-state index < -0.39 is 10.0 Å². The number of rotatable bonds is 11. The largest absolute Gasteiger partial charge is 0.497 e. The van der Waals surface area contributed by atoms with Gasteiger partial charge < -0.3 is 23.7 Å². The number of methoxy groups -OCH3 is 4. The molecule has 1 N–H and O–H groups in total. The normalized spacial score (nSPS) is 11.2. The van der Waals surface area contributed by atoms with Gasteiger partial charge in [0.15, 0.2) is 23.1 Å². The van der Waals surface area contributed by atoms with E-state index in [4.69, 9.17) is 23.7 Å². The van der Waals surface area contributed by atoms with Gasteiger partial charge in [0.2, 0.25) is 5.75 Å². The molecule has 1 heterocycles. The molecule has 0 bridgehead atoms. The number of nitrogens with zero attached hydrogens (tertiary/aromatic N) is 2. The third kappa shape index (κ3) is 6.76. The smallest absolute Gasteiger partial charge is 0.263 e. The van der Waals surface area contributed by atoms with E-state index in [-0.39, 0.29) is 23.3 Å². The van der Waals surface area contributed by atoms with Gasteiger partial charge in [0, 0.05) is 11.6 Å². The van der Waals surface area contributed by atoms with Gasteiger partial charge in [-0.2, -0.15) is 4.98 Å². The first-order valence-corrected chi connectivity index (χ1v) is 13.2. The van der Waals surface area contributed by atoms with Crippen LogP contribution in [0.25, 0.3) is 17.5 Å². The highest BCUT2D eigenvalue weighted by atomic mass is 32.2. The van der Waals surface area contributed by atoms with Crippen molar-refractivity contribution in [3.05, 3.63) is 83.8 Å². The molecule has 0 aliphatic rings. The Kier molecular flexibility index (Phi) is 8.52. The van der Waals surface area contributed by atoms with Gasteiger partial charge >= 0.3 is 0 Å². The Morgan fingerprint density at radius 2 is 1.38 bits per heavy atom. The van der Waals surface area contributed by atoms with Crippen LogP contribution in [0.3, 0.4) is 0 Å². The van der Waals surface area contributed by atoms with E-state index in [1.54, 1.807) is 54.6 Å². The first kappa shape index (κ1) is 27.3. The van der Waals surface area contributed by atoms with E-state index >= 15 is 0 Å². The summed E-state index contributed by atoms with van der Waals surface area (Å²) < 4.78 is 56.4. The lowest BCUT2D eigenvalue weighted by atomic mass is 10.2. The number of anilines is 1. The maximum absolute atomic E-state index is 13.1. The molecule has 4 aromatic rings. The fourth-order valence-corrected chi connectivity index (χ4v) is 4.32. The highest BCUT2D eigenvalue weighted by Gasteiger charge is 2.23. The Morgan fingerprint density at radius 1 is 0.744 bits per heavy atom. The third-order valence-corrected chi connectivity index (χ3v) is 6.37. The van der Waals surface area contributed by atoms with E-state index in [1.807, 2.05) is 18.2 Å². The Balaban J connectivity index is 1.85. The predicted molar refractivity (Wildman–Crippen MR) is 148 cm³/mol. The molecule has 0 fully saturated rings. The molecule has 0 unspecified atom stereocenters. The van der Waals surface area contributed by atoms with Gasteiger partial charge in [0.25, 0.3) is 15.9 Å². The van der Waals surface area contributed by atoms with Gasteiger partial charge in [-0.05, 0) is 35.9 Å². The summed E-state index contributed by atoms with van der Waals surface area (Å²) in [6.07, 6.45) is 1.47. The molecule has 39 heavy (non-hydrogen) atoms. The second kappa shape index (κ2) is 12.2. The summed E-state index contributed by atoms with van der Waals surface area (Å²) in [5.74, 6) is 1.62. The lowest BCUT2D eigenvalue weighted by Gasteiger charge is -2.17. The quantitative estimate of drug-likeness (QED) is 0.263. The first-order chi connectivity index (χ1) is 18.9. The van der Waals surface area contributed by atoms with Gasteiger partial charge in [0.05, 0.1) is 33.8 Å². The van der Waals surface area contributed by atoms with Crippen molar-refractivity contribution in [1.82, 2.24) is 9.97 Å². The summed E-state index contributed by atoms with van der Waals surface area (Å²) in [4.78, 5) is 8.99. The zero-order valence-electron chi connectivity index (χ0n) is 21.7. The molecular formula is C28H27N3O7S. The molecule has 202 valence electrons. The van der Waals surface area contributed by atoms with Crippen LogP contribution in [0, 0.1) is 0 Å². The fraction of sp³-hybridized carbons (Fsp3) is 0.143. The van der Waals surface area contributed by atoms with Crippen LogP contribution in [0.5, 0.6) is 34.6 Å². The molecular weight excluding hydrogens is 522 g/mol. The predicted octanol–water partition coefficient (Wildman–Crippen LogP) is 5.38. The van der Waals surface area contributed by atoms with Crippen molar-refractivity contribution in [2.45, 2.75) is 0 Å². The number of nitrogens with one attached hydrogen (secondary N) is 1. The van der Waals surface area contributed by atoms with Gasteiger partial charge in [0.1, 0.15) is 11.5 Å². The molecule has 11 heteroatoms. The molecule has 10 nitrogen and oxygen atoms in total. The molecule has 0 spiro atoms. The topological polar surface area (TPSA) is 118 Å². The molecule has 0 atom stereocenters. The lowest BCUT2D eigenvalue weighted by Crippen LogP contribution is -2.13. The SMILES string of the molecule is COc1cc(OC)cc(-c2nc(NS(=O)(=O)/C=C/c3ccccc3)c(Oc3ccccc3OC)c(OC)n2)c1. The Labute approximate surface area is 226 Å². The van der Waals surface area contributed by atoms with E-state index in [1.165, 1.54) is 34.5 Å². The van der Waals surface area contributed by atoms with Crippen LogP contribution in [0.4, 0.5) is 5.82 Å². The van der Waals surface area contributed by atoms with E-state index in [2.05, 4.69) is 14.7 Å². The van der Waals surface area contributed by atoms with Gasteiger partial charge in [-0.15, -0.1) is 0 Å². The number of ether oxygens (including phenoxy) is 5. The van der Waals surface area contributed by atoms with Crippen LogP contribution in [0.2, 0.25) is 0 Å². The van der Waals surface area contributed by atoms with Crippen LogP contribution >= 0.6 is 0 Å².